The molecule has 2 atom stereocenters. The van der Waals surface area contributed by atoms with Crippen LogP contribution in [0.5, 0.6) is 0 Å². The maximum absolute atomic E-state index is 13.4. The fourth-order valence-corrected chi connectivity index (χ4v) is 5.29. The van der Waals surface area contributed by atoms with Gasteiger partial charge in [-0.3, -0.25) is 4.79 Å². The molecule has 2 aromatic carbocycles. The lowest BCUT2D eigenvalue weighted by Crippen LogP contribution is -2.46. The third-order valence-corrected chi connectivity index (χ3v) is 6.96. The first kappa shape index (κ1) is 24.5. The topological polar surface area (TPSA) is 51.5 Å². The molecule has 0 bridgehead atoms. The second-order valence-corrected chi connectivity index (χ2v) is 10.2. The molecule has 3 aromatic rings. The standard InChI is InChI=1S/C28H31ClFNO3/c1-27(2)19-28(14-17-34-27,21-7-9-22(29)10-8-21)18-26(32)31-15-13-24(25-4-3-16-33-25)20-5-11-23(30)12-6-20/h3-12,16,24H,13-15,17-19H2,1-2H3,(H,31,32)/t24-,28-/m0/s1. The number of hydrogen-bond donors (Lipinski definition) is 1. The number of amides is 1. The first-order valence-corrected chi connectivity index (χ1v) is 12.1. The van der Waals surface area contributed by atoms with Crippen LogP contribution in [0.3, 0.4) is 0 Å². The SMILES string of the molecule is CC1(C)C[C@](CC(=O)NCC[C@@H](c2ccc(F)cc2)c2ccco2)(c2ccc(Cl)cc2)CCO1. The zero-order valence-corrected chi connectivity index (χ0v) is 20.4. The maximum atomic E-state index is 13.4. The Balaban J connectivity index is 1.45. The van der Waals surface area contributed by atoms with Gasteiger partial charge < -0.3 is 14.5 Å². The van der Waals surface area contributed by atoms with E-state index in [9.17, 15) is 9.18 Å². The van der Waals surface area contributed by atoms with Gasteiger partial charge in [0.05, 0.1) is 11.9 Å². The molecule has 4 rings (SSSR count). The summed E-state index contributed by atoms with van der Waals surface area (Å²) < 4.78 is 25.0. The van der Waals surface area contributed by atoms with E-state index in [1.165, 1.54) is 12.1 Å². The zero-order valence-electron chi connectivity index (χ0n) is 19.7. The number of ether oxygens (including phenoxy) is 1. The van der Waals surface area contributed by atoms with Crippen LogP contribution in [0.25, 0.3) is 0 Å². The Bertz CT molecular complexity index is 1080. The first-order valence-electron chi connectivity index (χ1n) is 11.7. The van der Waals surface area contributed by atoms with Crippen molar-refractivity contribution in [3.05, 3.63) is 94.7 Å². The molecule has 0 saturated carbocycles. The number of furan rings is 1. The van der Waals surface area contributed by atoms with Gasteiger partial charge in [0.2, 0.25) is 5.91 Å². The van der Waals surface area contributed by atoms with Gasteiger partial charge in [0.25, 0.3) is 0 Å². The zero-order chi connectivity index (χ0) is 24.2. The average Bonchev–Trinajstić information content (AvgIpc) is 3.32. The average molecular weight is 484 g/mol. The highest BCUT2D eigenvalue weighted by Crippen LogP contribution is 2.44. The Kier molecular flexibility index (Phi) is 7.44. The van der Waals surface area contributed by atoms with Crippen LogP contribution in [0.1, 0.15) is 62.3 Å². The van der Waals surface area contributed by atoms with Crippen molar-refractivity contribution in [3.8, 4) is 0 Å². The summed E-state index contributed by atoms with van der Waals surface area (Å²) in [7, 11) is 0. The van der Waals surface area contributed by atoms with Crippen LogP contribution in [0, 0.1) is 5.82 Å². The van der Waals surface area contributed by atoms with Crippen molar-refractivity contribution in [2.75, 3.05) is 13.2 Å². The Morgan fingerprint density at radius 1 is 1.12 bits per heavy atom. The molecule has 0 spiro atoms. The second-order valence-electron chi connectivity index (χ2n) is 9.76. The van der Waals surface area contributed by atoms with Gasteiger partial charge >= 0.3 is 0 Å². The molecule has 4 nitrogen and oxygen atoms in total. The molecule has 180 valence electrons. The van der Waals surface area contributed by atoms with Crippen LogP contribution >= 0.6 is 11.6 Å². The first-order chi connectivity index (χ1) is 16.3. The summed E-state index contributed by atoms with van der Waals surface area (Å²) in [6.45, 7) is 5.24. The summed E-state index contributed by atoms with van der Waals surface area (Å²) in [6.07, 6.45) is 4.18. The third-order valence-electron chi connectivity index (χ3n) is 6.71. The lowest BCUT2D eigenvalue weighted by atomic mass is 9.67. The van der Waals surface area contributed by atoms with E-state index >= 15 is 0 Å². The second kappa shape index (κ2) is 10.3. The number of nitrogens with one attached hydrogen (secondary N) is 1. The molecule has 1 amide bonds. The Labute approximate surface area is 205 Å². The van der Waals surface area contributed by atoms with E-state index in [0.717, 1.165) is 29.7 Å². The highest BCUT2D eigenvalue weighted by molar-refractivity contribution is 6.30. The lowest BCUT2D eigenvalue weighted by molar-refractivity contribution is -0.126. The van der Waals surface area contributed by atoms with E-state index in [4.69, 9.17) is 20.8 Å². The van der Waals surface area contributed by atoms with Crippen LogP contribution in [0.15, 0.2) is 71.3 Å². The van der Waals surface area contributed by atoms with Gasteiger partial charge in [0, 0.05) is 35.9 Å². The lowest BCUT2D eigenvalue weighted by Gasteiger charge is -2.45. The molecule has 6 heteroatoms. The number of hydrogen-bond acceptors (Lipinski definition) is 3. The minimum Gasteiger partial charge on any atom is -0.469 e. The molecule has 1 N–H and O–H groups in total. The van der Waals surface area contributed by atoms with Gasteiger partial charge in [-0.25, -0.2) is 4.39 Å². The van der Waals surface area contributed by atoms with Crippen LogP contribution < -0.4 is 5.32 Å². The van der Waals surface area contributed by atoms with Gasteiger partial charge in [-0.1, -0.05) is 35.9 Å². The van der Waals surface area contributed by atoms with E-state index in [1.807, 2.05) is 36.4 Å². The summed E-state index contributed by atoms with van der Waals surface area (Å²) in [4.78, 5) is 13.2. The minimum atomic E-state index is -0.314. The molecule has 2 heterocycles. The normalized spacial score (nSPS) is 20.6. The largest absolute Gasteiger partial charge is 0.469 e. The van der Waals surface area contributed by atoms with Gasteiger partial charge in [0.1, 0.15) is 11.6 Å². The summed E-state index contributed by atoms with van der Waals surface area (Å²) in [5.41, 5.74) is 1.44. The van der Waals surface area contributed by atoms with Crippen molar-refractivity contribution >= 4 is 17.5 Å². The summed E-state index contributed by atoms with van der Waals surface area (Å²) in [5.74, 6) is 0.458. The van der Waals surface area contributed by atoms with Crippen LogP contribution in [0.2, 0.25) is 5.02 Å². The monoisotopic (exact) mass is 483 g/mol. The third kappa shape index (κ3) is 5.89. The number of rotatable bonds is 8. The Hall–Kier alpha value is -2.63. The van der Waals surface area contributed by atoms with Crippen molar-refractivity contribution in [2.45, 2.75) is 56.5 Å². The van der Waals surface area contributed by atoms with Crippen LogP contribution in [-0.2, 0) is 14.9 Å². The predicted molar refractivity (Wildman–Crippen MR) is 132 cm³/mol. The fraction of sp³-hybridized carbons (Fsp3) is 0.393. The molecule has 0 aliphatic carbocycles. The highest BCUT2D eigenvalue weighted by atomic mass is 35.5. The molecule has 1 aliphatic rings. The Morgan fingerprint density at radius 3 is 2.50 bits per heavy atom. The van der Waals surface area contributed by atoms with E-state index in [1.54, 1.807) is 18.4 Å². The van der Waals surface area contributed by atoms with E-state index in [2.05, 4.69) is 19.2 Å². The predicted octanol–water partition coefficient (Wildman–Crippen LogP) is 6.63. The van der Waals surface area contributed by atoms with E-state index in [0.29, 0.717) is 31.0 Å². The van der Waals surface area contributed by atoms with Gasteiger partial charge in [-0.15, -0.1) is 0 Å². The molecule has 0 radical (unpaired) electrons. The molecular formula is C28H31ClFNO3. The van der Waals surface area contributed by atoms with Crippen molar-refractivity contribution in [3.63, 3.8) is 0 Å². The quantitative estimate of drug-likeness (QED) is 0.391. The molecule has 0 unspecified atom stereocenters. The molecule has 1 saturated heterocycles. The summed E-state index contributed by atoms with van der Waals surface area (Å²) in [5, 5.41) is 3.80. The van der Waals surface area contributed by atoms with Gasteiger partial charge in [0.15, 0.2) is 0 Å². The van der Waals surface area contributed by atoms with Crippen molar-refractivity contribution in [1.29, 1.82) is 0 Å². The molecule has 1 aromatic heterocycles. The number of halogens is 2. The molecule has 1 fully saturated rings. The summed E-state index contributed by atoms with van der Waals surface area (Å²) in [6, 6.07) is 18.0. The van der Waals surface area contributed by atoms with Crippen LogP contribution in [0.4, 0.5) is 4.39 Å². The number of carbonyl (C=O) groups is 1. The van der Waals surface area contributed by atoms with Gasteiger partial charge in [-0.2, -0.15) is 0 Å². The molecule has 1 aliphatic heterocycles. The van der Waals surface area contributed by atoms with Crippen molar-refractivity contribution in [1.82, 2.24) is 5.32 Å². The van der Waals surface area contributed by atoms with Crippen molar-refractivity contribution < 1.29 is 18.3 Å². The molecule has 34 heavy (non-hydrogen) atoms. The van der Waals surface area contributed by atoms with E-state index in [-0.39, 0.29) is 28.7 Å². The van der Waals surface area contributed by atoms with Crippen LogP contribution in [-0.4, -0.2) is 24.7 Å². The number of benzene rings is 2. The minimum absolute atomic E-state index is 0.00458. The Morgan fingerprint density at radius 2 is 1.85 bits per heavy atom. The van der Waals surface area contributed by atoms with Gasteiger partial charge in [-0.05, 0) is 80.6 Å². The van der Waals surface area contributed by atoms with Crippen molar-refractivity contribution in [2.24, 2.45) is 0 Å². The molecular weight excluding hydrogens is 453 g/mol. The summed E-state index contributed by atoms with van der Waals surface area (Å²) >= 11 is 6.12. The highest BCUT2D eigenvalue weighted by Gasteiger charge is 2.43. The van der Waals surface area contributed by atoms with E-state index < -0.39 is 0 Å². The maximum Gasteiger partial charge on any atom is 0.220 e. The fourth-order valence-electron chi connectivity index (χ4n) is 5.16. The number of carbonyl (C=O) groups excluding carboxylic acids is 1. The smallest absolute Gasteiger partial charge is 0.220 e.